The Hall–Kier alpha value is -4.51. The van der Waals surface area contributed by atoms with E-state index in [2.05, 4.69) is 35.8 Å². The molecule has 4 aromatic rings. The highest BCUT2D eigenvalue weighted by Gasteiger charge is 2.11. The molecular weight excluding hydrogens is 450 g/mol. The zero-order valence-electron chi connectivity index (χ0n) is 19.3. The van der Waals surface area contributed by atoms with Gasteiger partial charge in [-0.3, -0.25) is 5.43 Å². The number of methoxy groups -OCH3 is 2. The number of hydrogen-bond acceptors (Lipinski definition) is 11. The fourth-order valence-electron chi connectivity index (χ4n) is 3.21. The minimum atomic E-state index is 0.0826. The maximum atomic E-state index is 8.93. The number of nitrogens with zero attached hydrogens (tertiary/aromatic N) is 5. The Morgan fingerprint density at radius 2 is 1.69 bits per heavy atom. The first kappa shape index (κ1) is 23.6. The number of hydrazone groups is 1. The highest BCUT2D eigenvalue weighted by atomic mass is 16.5. The number of benzene rings is 2. The Morgan fingerprint density at radius 1 is 0.914 bits per heavy atom. The summed E-state index contributed by atoms with van der Waals surface area (Å²) in [6.07, 6.45) is 5.05. The van der Waals surface area contributed by atoms with Crippen LogP contribution in [0, 0.1) is 0 Å². The molecule has 0 aliphatic heterocycles. The average Bonchev–Trinajstić information content (AvgIpc) is 2.89. The summed E-state index contributed by atoms with van der Waals surface area (Å²) in [6, 6.07) is 12.9. The third-order valence-corrected chi connectivity index (χ3v) is 4.88. The van der Waals surface area contributed by atoms with Crippen molar-refractivity contribution in [1.29, 1.82) is 0 Å². The first-order valence-corrected chi connectivity index (χ1v) is 10.8. The first-order valence-electron chi connectivity index (χ1n) is 10.8. The van der Waals surface area contributed by atoms with Gasteiger partial charge in [-0.1, -0.05) is 6.07 Å². The largest absolute Gasteiger partial charge is 0.493 e. The molecule has 0 aliphatic carbocycles. The molecule has 0 aliphatic rings. The summed E-state index contributed by atoms with van der Waals surface area (Å²) in [5.74, 6) is 2.87. The average molecular weight is 476 g/mol. The number of aliphatic hydroxyl groups is 1. The molecule has 0 atom stereocenters. The number of aliphatic hydroxyl groups excluding tert-OH is 1. The molecule has 180 valence electrons. The van der Waals surface area contributed by atoms with Crippen molar-refractivity contribution in [2.24, 2.45) is 5.10 Å². The Balaban J connectivity index is 1.52. The second kappa shape index (κ2) is 11.6. The third kappa shape index (κ3) is 5.89. The molecule has 11 nitrogen and oxygen atoms in total. The van der Waals surface area contributed by atoms with E-state index in [-0.39, 0.29) is 6.61 Å². The summed E-state index contributed by atoms with van der Waals surface area (Å²) in [7, 11) is 3.16. The van der Waals surface area contributed by atoms with Gasteiger partial charge in [-0.15, -0.1) is 0 Å². The smallest absolute Gasteiger partial charge is 0.176 e. The molecule has 2 aromatic heterocycles. The normalized spacial score (nSPS) is 10.9. The van der Waals surface area contributed by atoms with Crippen LogP contribution >= 0.6 is 0 Å². The van der Waals surface area contributed by atoms with E-state index in [0.717, 1.165) is 11.3 Å². The van der Waals surface area contributed by atoms with E-state index in [1.165, 1.54) is 12.7 Å². The van der Waals surface area contributed by atoms with Crippen LogP contribution in [0.15, 0.2) is 60.2 Å². The molecule has 0 bridgehead atoms. The maximum Gasteiger partial charge on any atom is 0.176 e. The Labute approximate surface area is 201 Å². The maximum absolute atomic E-state index is 8.93. The van der Waals surface area contributed by atoms with E-state index in [1.807, 2.05) is 36.4 Å². The summed E-state index contributed by atoms with van der Waals surface area (Å²) in [4.78, 5) is 17.3. The van der Waals surface area contributed by atoms with Crippen LogP contribution < -0.4 is 25.0 Å². The number of ether oxygens (including phenoxy) is 3. The predicted octanol–water partition coefficient (Wildman–Crippen LogP) is 3.39. The molecule has 0 saturated heterocycles. The van der Waals surface area contributed by atoms with Gasteiger partial charge in [-0.2, -0.15) is 5.10 Å². The van der Waals surface area contributed by atoms with Crippen LogP contribution in [0.1, 0.15) is 12.0 Å². The molecule has 11 heteroatoms. The van der Waals surface area contributed by atoms with Gasteiger partial charge in [-0.25, -0.2) is 19.9 Å². The van der Waals surface area contributed by atoms with Crippen LogP contribution in [0.2, 0.25) is 0 Å². The first-order chi connectivity index (χ1) is 17.2. The number of hydrogen-bond donors (Lipinski definition) is 3. The SMILES string of the molecule is COc1ccc(/C=N/Nc2ncnc3c(Nc4cccc(OCCCO)c4)ncnc23)cc1OC. The number of nitrogens with one attached hydrogen (secondary N) is 2. The molecule has 0 amide bonds. The van der Waals surface area contributed by atoms with Crippen LogP contribution in [-0.2, 0) is 0 Å². The second-order valence-electron chi connectivity index (χ2n) is 7.20. The summed E-state index contributed by atoms with van der Waals surface area (Å²) in [6.45, 7) is 0.516. The summed E-state index contributed by atoms with van der Waals surface area (Å²) in [5.41, 5.74) is 5.53. The molecule has 4 rings (SSSR count). The highest BCUT2D eigenvalue weighted by Crippen LogP contribution is 2.28. The highest BCUT2D eigenvalue weighted by molar-refractivity contribution is 5.93. The van der Waals surface area contributed by atoms with Gasteiger partial charge < -0.3 is 24.6 Å². The van der Waals surface area contributed by atoms with Gasteiger partial charge in [0.15, 0.2) is 23.1 Å². The zero-order valence-corrected chi connectivity index (χ0v) is 19.3. The Kier molecular flexibility index (Phi) is 7.81. The summed E-state index contributed by atoms with van der Waals surface area (Å²) < 4.78 is 16.2. The van der Waals surface area contributed by atoms with Crippen molar-refractivity contribution in [2.45, 2.75) is 6.42 Å². The summed E-state index contributed by atoms with van der Waals surface area (Å²) >= 11 is 0. The van der Waals surface area contributed by atoms with Crippen molar-refractivity contribution >= 4 is 34.6 Å². The van der Waals surface area contributed by atoms with Gasteiger partial charge in [-0.05, 0) is 35.9 Å². The standard InChI is InChI=1S/C24H25N7O4/c1-33-19-8-7-16(11-20(19)34-2)13-29-31-24-22-21(25-15-28-24)23(27-14-26-22)30-17-5-3-6-18(12-17)35-10-4-9-32/h3,5-8,11-15,32H,4,9-10H2,1-2H3,(H,25,28,31)(H,26,27,30)/b29-13+. The van der Waals surface area contributed by atoms with E-state index in [4.69, 9.17) is 19.3 Å². The number of anilines is 3. The molecule has 0 radical (unpaired) electrons. The topological polar surface area (TPSA) is 136 Å². The van der Waals surface area contributed by atoms with Gasteiger partial charge in [0.1, 0.15) is 29.4 Å². The van der Waals surface area contributed by atoms with Gasteiger partial charge in [0.2, 0.25) is 0 Å². The monoisotopic (exact) mass is 475 g/mol. The van der Waals surface area contributed by atoms with Crippen molar-refractivity contribution in [3.05, 3.63) is 60.7 Å². The van der Waals surface area contributed by atoms with Gasteiger partial charge in [0.25, 0.3) is 0 Å². The van der Waals surface area contributed by atoms with Crippen molar-refractivity contribution in [2.75, 3.05) is 38.2 Å². The third-order valence-electron chi connectivity index (χ3n) is 4.88. The van der Waals surface area contributed by atoms with E-state index >= 15 is 0 Å². The van der Waals surface area contributed by atoms with Crippen LogP contribution in [0.25, 0.3) is 11.0 Å². The molecule has 35 heavy (non-hydrogen) atoms. The quantitative estimate of drug-likeness (QED) is 0.168. The molecule has 3 N–H and O–H groups in total. The van der Waals surface area contributed by atoms with Crippen LogP contribution in [0.5, 0.6) is 17.2 Å². The van der Waals surface area contributed by atoms with E-state index in [1.54, 1.807) is 26.5 Å². The van der Waals surface area contributed by atoms with Gasteiger partial charge in [0.05, 0.1) is 27.0 Å². The molecule has 0 fully saturated rings. The predicted molar refractivity (Wildman–Crippen MR) is 133 cm³/mol. The number of aromatic nitrogens is 4. The summed E-state index contributed by atoms with van der Waals surface area (Å²) in [5, 5.41) is 16.5. The van der Waals surface area contributed by atoms with E-state index in [0.29, 0.717) is 52.9 Å². The lowest BCUT2D eigenvalue weighted by Gasteiger charge is -2.11. The molecule has 2 aromatic carbocycles. The fraction of sp³-hybridized carbons (Fsp3) is 0.208. The van der Waals surface area contributed by atoms with Crippen molar-refractivity contribution < 1.29 is 19.3 Å². The van der Waals surface area contributed by atoms with Crippen molar-refractivity contribution in [3.8, 4) is 17.2 Å². The van der Waals surface area contributed by atoms with E-state index in [9.17, 15) is 0 Å². The molecule has 0 unspecified atom stereocenters. The number of rotatable bonds is 11. The van der Waals surface area contributed by atoms with Crippen LogP contribution in [-0.4, -0.2) is 58.7 Å². The number of fused-ring (bicyclic) bond motifs is 1. The Bertz CT molecular complexity index is 1320. The van der Waals surface area contributed by atoms with Crippen molar-refractivity contribution in [3.63, 3.8) is 0 Å². The zero-order chi connectivity index (χ0) is 24.5. The molecule has 0 saturated carbocycles. The molecular formula is C24H25N7O4. The minimum absolute atomic E-state index is 0.0826. The molecule has 2 heterocycles. The minimum Gasteiger partial charge on any atom is -0.493 e. The second-order valence-corrected chi connectivity index (χ2v) is 7.20. The fourth-order valence-corrected chi connectivity index (χ4v) is 3.21. The van der Waals surface area contributed by atoms with Crippen LogP contribution in [0.4, 0.5) is 17.3 Å². The van der Waals surface area contributed by atoms with E-state index < -0.39 is 0 Å². The molecule has 0 spiro atoms. The van der Waals surface area contributed by atoms with Gasteiger partial charge >= 0.3 is 0 Å². The lowest BCUT2D eigenvalue weighted by atomic mass is 10.2. The van der Waals surface area contributed by atoms with Crippen molar-refractivity contribution in [1.82, 2.24) is 19.9 Å². The van der Waals surface area contributed by atoms with Crippen LogP contribution in [0.3, 0.4) is 0 Å². The lowest BCUT2D eigenvalue weighted by molar-refractivity contribution is 0.233. The lowest BCUT2D eigenvalue weighted by Crippen LogP contribution is -2.03. The Morgan fingerprint density at radius 3 is 2.46 bits per heavy atom. The van der Waals surface area contributed by atoms with Gasteiger partial charge in [0, 0.05) is 24.8 Å².